The lowest BCUT2D eigenvalue weighted by molar-refractivity contribution is 0.629. The van der Waals surface area contributed by atoms with Crippen LogP contribution in [0.1, 0.15) is 11.1 Å². The van der Waals surface area contributed by atoms with Gasteiger partial charge in [0.1, 0.15) is 5.82 Å². The van der Waals surface area contributed by atoms with Gasteiger partial charge in [-0.25, -0.2) is 4.39 Å². The first-order valence-electron chi connectivity index (χ1n) is 6.52. The third-order valence-electron chi connectivity index (χ3n) is 3.58. The van der Waals surface area contributed by atoms with E-state index in [4.69, 9.17) is 0 Å². The number of hydrogen-bond acceptors (Lipinski definition) is 2. The van der Waals surface area contributed by atoms with Crippen molar-refractivity contribution in [2.24, 2.45) is 0 Å². The SMILES string of the molecule is Cc1cccc(Nc2ccnc3ccc(F)cc23)c1C. The standard InChI is InChI=1S/C17H15FN2/c1-11-4-3-5-15(12(11)2)20-17-8-9-19-16-7-6-13(18)10-14(16)17/h3-10H,1-2H3,(H,19,20). The first-order chi connectivity index (χ1) is 9.65. The molecule has 0 aliphatic rings. The molecule has 20 heavy (non-hydrogen) atoms. The van der Waals surface area contributed by atoms with Gasteiger partial charge in [-0.3, -0.25) is 4.98 Å². The Bertz CT molecular complexity index is 781. The number of rotatable bonds is 2. The van der Waals surface area contributed by atoms with Crippen LogP contribution >= 0.6 is 0 Å². The van der Waals surface area contributed by atoms with Crippen molar-refractivity contribution in [3.8, 4) is 0 Å². The zero-order valence-electron chi connectivity index (χ0n) is 11.4. The lowest BCUT2D eigenvalue weighted by Crippen LogP contribution is -1.96. The van der Waals surface area contributed by atoms with Crippen LogP contribution in [0, 0.1) is 19.7 Å². The quantitative estimate of drug-likeness (QED) is 0.725. The molecule has 0 aliphatic carbocycles. The third kappa shape index (κ3) is 2.23. The van der Waals surface area contributed by atoms with Crippen molar-refractivity contribution < 1.29 is 4.39 Å². The Hall–Kier alpha value is -2.42. The number of pyridine rings is 1. The average molecular weight is 266 g/mol. The molecule has 0 spiro atoms. The molecule has 0 saturated carbocycles. The molecule has 100 valence electrons. The van der Waals surface area contributed by atoms with Crippen molar-refractivity contribution in [3.63, 3.8) is 0 Å². The minimum absolute atomic E-state index is 0.255. The summed E-state index contributed by atoms with van der Waals surface area (Å²) in [4.78, 5) is 4.26. The molecule has 0 bridgehead atoms. The fourth-order valence-electron chi connectivity index (χ4n) is 2.26. The van der Waals surface area contributed by atoms with Gasteiger partial charge in [0.2, 0.25) is 0 Å². The monoisotopic (exact) mass is 266 g/mol. The van der Waals surface area contributed by atoms with E-state index in [1.807, 2.05) is 18.2 Å². The first-order valence-corrected chi connectivity index (χ1v) is 6.52. The number of hydrogen-bond donors (Lipinski definition) is 1. The summed E-state index contributed by atoms with van der Waals surface area (Å²) in [5.74, 6) is -0.255. The topological polar surface area (TPSA) is 24.9 Å². The van der Waals surface area contributed by atoms with Crippen LogP contribution in [0.3, 0.4) is 0 Å². The van der Waals surface area contributed by atoms with Gasteiger partial charge in [0.05, 0.1) is 5.52 Å². The Morgan fingerprint density at radius 2 is 1.85 bits per heavy atom. The maximum atomic E-state index is 13.4. The highest BCUT2D eigenvalue weighted by Crippen LogP contribution is 2.28. The Morgan fingerprint density at radius 1 is 1.00 bits per heavy atom. The summed E-state index contributed by atoms with van der Waals surface area (Å²) in [5, 5.41) is 4.16. The number of benzene rings is 2. The summed E-state index contributed by atoms with van der Waals surface area (Å²) in [5.41, 5.74) is 5.08. The average Bonchev–Trinajstić information content (AvgIpc) is 2.44. The Balaban J connectivity index is 2.11. The Kier molecular flexibility index (Phi) is 3.11. The zero-order chi connectivity index (χ0) is 14.1. The molecule has 0 saturated heterocycles. The van der Waals surface area contributed by atoms with Gasteiger partial charge in [-0.15, -0.1) is 0 Å². The summed E-state index contributed by atoms with van der Waals surface area (Å²) in [6.45, 7) is 4.15. The largest absolute Gasteiger partial charge is 0.355 e. The zero-order valence-corrected chi connectivity index (χ0v) is 11.4. The van der Waals surface area contributed by atoms with E-state index in [0.29, 0.717) is 0 Å². The van der Waals surface area contributed by atoms with Gasteiger partial charge in [0.25, 0.3) is 0 Å². The molecule has 0 fully saturated rings. The third-order valence-corrected chi connectivity index (χ3v) is 3.58. The highest BCUT2D eigenvalue weighted by Gasteiger charge is 2.06. The number of nitrogens with zero attached hydrogens (tertiary/aromatic N) is 1. The highest BCUT2D eigenvalue weighted by molar-refractivity contribution is 5.93. The molecule has 0 atom stereocenters. The lowest BCUT2D eigenvalue weighted by atomic mass is 10.1. The summed E-state index contributed by atoms with van der Waals surface area (Å²) in [6, 6.07) is 12.6. The minimum Gasteiger partial charge on any atom is -0.355 e. The van der Waals surface area contributed by atoms with Crippen molar-refractivity contribution in [1.82, 2.24) is 4.98 Å². The fraction of sp³-hybridized carbons (Fsp3) is 0.118. The van der Waals surface area contributed by atoms with Crippen LogP contribution < -0.4 is 5.32 Å². The maximum Gasteiger partial charge on any atom is 0.124 e. The van der Waals surface area contributed by atoms with Gasteiger partial charge in [-0.2, -0.15) is 0 Å². The number of aromatic nitrogens is 1. The van der Waals surface area contributed by atoms with E-state index in [0.717, 1.165) is 22.3 Å². The van der Waals surface area contributed by atoms with E-state index >= 15 is 0 Å². The van der Waals surface area contributed by atoms with Gasteiger partial charge in [-0.05, 0) is 55.3 Å². The van der Waals surface area contributed by atoms with Crippen molar-refractivity contribution in [2.75, 3.05) is 5.32 Å². The van der Waals surface area contributed by atoms with Crippen LogP contribution in [0.25, 0.3) is 10.9 Å². The van der Waals surface area contributed by atoms with E-state index in [1.165, 1.54) is 23.3 Å². The predicted octanol–water partition coefficient (Wildman–Crippen LogP) is 4.73. The smallest absolute Gasteiger partial charge is 0.124 e. The molecule has 1 aromatic heterocycles. The predicted molar refractivity (Wildman–Crippen MR) is 80.9 cm³/mol. The summed E-state index contributed by atoms with van der Waals surface area (Å²) >= 11 is 0. The second-order valence-electron chi connectivity index (χ2n) is 4.89. The van der Waals surface area contributed by atoms with E-state index < -0.39 is 0 Å². The van der Waals surface area contributed by atoms with Crippen LogP contribution in [0.4, 0.5) is 15.8 Å². The van der Waals surface area contributed by atoms with Crippen molar-refractivity contribution in [1.29, 1.82) is 0 Å². The van der Waals surface area contributed by atoms with Crippen molar-refractivity contribution >= 4 is 22.3 Å². The first kappa shape index (κ1) is 12.6. The van der Waals surface area contributed by atoms with Crippen LogP contribution in [0.5, 0.6) is 0 Å². The van der Waals surface area contributed by atoms with Gasteiger partial charge in [0.15, 0.2) is 0 Å². The van der Waals surface area contributed by atoms with Gasteiger partial charge < -0.3 is 5.32 Å². The second kappa shape index (κ2) is 4.93. The van der Waals surface area contributed by atoms with Gasteiger partial charge >= 0.3 is 0 Å². The number of anilines is 2. The van der Waals surface area contributed by atoms with Crippen molar-refractivity contribution in [2.45, 2.75) is 13.8 Å². The molecule has 3 heteroatoms. The van der Waals surface area contributed by atoms with E-state index in [1.54, 1.807) is 12.3 Å². The Labute approximate surface area is 117 Å². The summed E-state index contributed by atoms with van der Waals surface area (Å²) < 4.78 is 13.4. The number of fused-ring (bicyclic) bond motifs is 1. The molecule has 0 radical (unpaired) electrons. The minimum atomic E-state index is -0.255. The normalized spacial score (nSPS) is 10.8. The molecule has 2 nitrogen and oxygen atoms in total. The van der Waals surface area contributed by atoms with Crippen LogP contribution in [0.15, 0.2) is 48.7 Å². The summed E-state index contributed by atoms with van der Waals surface area (Å²) in [7, 11) is 0. The lowest BCUT2D eigenvalue weighted by Gasteiger charge is -2.13. The molecule has 0 unspecified atom stereocenters. The van der Waals surface area contributed by atoms with Gasteiger partial charge in [-0.1, -0.05) is 12.1 Å². The summed E-state index contributed by atoms with van der Waals surface area (Å²) in [6.07, 6.45) is 1.73. The van der Waals surface area contributed by atoms with Crippen molar-refractivity contribution in [3.05, 3.63) is 65.6 Å². The molecule has 2 aromatic carbocycles. The van der Waals surface area contributed by atoms with Crippen LogP contribution in [0.2, 0.25) is 0 Å². The Morgan fingerprint density at radius 3 is 2.70 bits per heavy atom. The fourth-order valence-corrected chi connectivity index (χ4v) is 2.26. The van der Waals surface area contributed by atoms with E-state index in [-0.39, 0.29) is 5.82 Å². The molecule has 0 amide bonds. The highest BCUT2D eigenvalue weighted by atomic mass is 19.1. The van der Waals surface area contributed by atoms with Gasteiger partial charge in [0, 0.05) is 23.0 Å². The number of nitrogens with one attached hydrogen (secondary N) is 1. The maximum absolute atomic E-state index is 13.4. The van der Waals surface area contributed by atoms with E-state index in [2.05, 4.69) is 30.2 Å². The van der Waals surface area contributed by atoms with E-state index in [9.17, 15) is 4.39 Å². The van der Waals surface area contributed by atoms with Crippen LogP contribution in [-0.2, 0) is 0 Å². The molecular formula is C17H15FN2. The number of aryl methyl sites for hydroxylation is 1. The molecular weight excluding hydrogens is 251 g/mol. The molecule has 3 rings (SSSR count). The molecule has 0 aliphatic heterocycles. The molecule has 1 N–H and O–H groups in total. The molecule has 1 heterocycles. The second-order valence-corrected chi connectivity index (χ2v) is 4.89. The molecule has 3 aromatic rings. The number of halogens is 1. The van der Waals surface area contributed by atoms with Crippen LogP contribution in [-0.4, -0.2) is 4.98 Å².